The number of hydrogen-bond donors (Lipinski definition) is 2. The van der Waals surface area contributed by atoms with E-state index in [1.165, 1.54) is 0 Å². The van der Waals surface area contributed by atoms with Crippen molar-refractivity contribution < 1.29 is 9.53 Å². The molecule has 0 saturated heterocycles. The molecule has 1 aliphatic rings. The molecule has 0 spiro atoms. The first-order valence-corrected chi connectivity index (χ1v) is 8.81. The topological polar surface area (TPSA) is 77.2 Å². The van der Waals surface area contributed by atoms with Crippen LogP contribution >= 0.6 is 11.6 Å². The molecule has 3 N–H and O–H groups in total. The van der Waals surface area contributed by atoms with Crippen molar-refractivity contribution >= 4 is 23.2 Å². The van der Waals surface area contributed by atoms with Crippen LogP contribution in [0, 0.1) is 5.92 Å². The fourth-order valence-corrected chi connectivity index (χ4v) is 3.43. The van der Waals surface area contributed by atoms with E-state index in [-0.39, 0.29) is 11.8 Å². The molecule has 0 aliphatic heterocycles. The highest BCUT2D eigenvalue weighted by Gasteiger charge is 2.37. The number of pyridine rings is 1. The van der Waals surface area contributed by atoms with Gasteiger partial charge in [0.2, 0.25) is 5.91 Å². The van der Waals surface area contributed by atoms with Gasteiger partial charge in [0.25, 0.3) is 0 Å². The summed E-state index contributed by atoms with van der Waals surface area (Å²) in [7, 11) is 0. The van der Waals surface area contributed by atoms with Gasteiger partial charge in [0.05, 0.1) is 10.9 Å². The summed E-state index contributed by atoms with van der Waals surface area (Å²) >= 11 is 6.29. The van der Waals surface area contributed by atoms with Gasteiger partial charge in [0.15, 0.2) is 0 Å². The van der Waals surface area contributed by atoms with Crippen molar-refractivity contribution in [2.75, 3.05) is 5.32 Å². The second kappa shape index (κ2) is 7.42. The number of rotatable bonds is 4. The van der Waals surface area contributed by atoms with Gasteiger partial charge >= 0.3 is 0 Å². The fraction of sp³-hybridized carbons (Fsp3) is 0.368. The lowest BCUT2D eigenvalue weighted by molar-refractivity contribution is -0.122. The Morgan fingerprint density at radius 2 is 2.08 bits per heavy atom. The molecule has 0 bridgehead atoms. The molecule has 25 heavy (non-hydrogen) atoms. The first kappa shape index (κ1) is 17.7. The summed E-state index contributed by atoms with van der Waals surface area (Å²) < 4.78 is 5.71. The normalized spacial score (nSPS) is 23.1. The predicted octanol–water partition coefficient (Wildman–Crippen LogP) is 4.37. The van der Waals surface area contributed by atoms with Crippen molar-refractivity contribution in [1.82, 2.24) is 4.98 Å². The number of carbonyl (C=O) groups is 1. The van der Waals surface area contributed by atoms with Crippen molar-refractivity contribution in [2.45, 2.75) is 38.1 Å². The molecule has 2 unspecified atom stereocenters. The number of carbonyl (C=O) groups excluding carboxylic acids is 1. The van der Waals surface area contributed by atoms with Crippen LogP contribution in [-0.4, -0.2) is 16.4 Å². The van der Waals surface area contributed by atoms with Gasteiger partial charge in [0.1, 0.15) is 11.5 Å². The highest BCUT2D eigenvalue weighted by Crippen LogP contribution is 2.34. The number of benzene rings is 1. The lowest BCUT2D eigenvalue weighted by Crippen LogP contribution is -2.51. The van der Waals surface area contributed by atoms with Gasteiger partial charge in [-0.2, -0.15) is 0 Å². The molecule has 1 aromatic carbocycles. The van der Waals surface area contributed by atoms with E-state index >= 15 is 0 Å². The van der Waals surface area contributed by atoms with Crippen LogP contribution in [0.2, 0.25) is 5.02 Å². The number of aromatic nitrogens is 1. The van der Waals surface area contributed by atoms with Crippen LogP contribution in [0.4, 0.5) is 5.69 Å². The average molecular weight is 360 g/mol. The van der Waals surface area contributed by atoms with E-state index in [0.717, 1.165) is 25.7 Å². The zero-order valence-corrected chi connectivity index (χ0v) is 14.9. The number of nitrogens with zero attached hydrogens (tertiary/aromatic N) is 1. The van der Waals surface area contributed by atoms with Crippen molar-refractivity contribution in [1.29, 1.82) is 0 Å². The molecule has 1 aliphatic carbocycles. The maximum absolute atomic E-state index is 12.6. The third kappa shape index (κ3) is 4.30. The SMILES string of the molecule is CC1(N)CCCCC1C(=O)Nc1ccc(Oc2ccncc2)c(Cl)c1. The number of anilines is 1. The van der Waals surface area contributed by atoms with Crippen molar-refractivity contribution in [3.8, 4) is 11.5 Å². The number of nitrogens with two attached hydrogens (primary N) is 1. The van der Waals surface area contributed by atoms with E-state index in [0.29, 0.717) is 22.2 Å². The number of nitrogens with one attached hydrogen (secondary N) is 1. The zero-order valence-electron chi connectivity index (χ0n) is 14.2. The van der Waals surface area contributed by atoms with E-state index in [2.05, 4.69) is 10.3 Å². The Bertz CT molecular complexity index is 750. The lowest BCUT2D eigenvalue weighted by Gasteiger charge is -2.37. The highest BCUT2D eigenvalue weighted by atomic mass is 35.5. The quantitative estimate of drug-likeness (QED) is 0.849. The highest BCUT2D eigenvalue weighted by molar-refractivity contribution is 6.32. The van der Waals surface area contributed by atoms with Crippen LogP contribution in [0.25, 0.3) is 0 Å². The second-order valence-electron chi connectivity index (χ2n) is 6.72. The Balaban J connectivity index is 1.69. The molecule has 0 radical (unpaired) electrons. The third-order valence-electron chi connectivity index (χ3n) is 4.65. The second-order valence-corrected chi connectivity index (χ2v) is 7.13. The van der Waals surface area contributed by atoms with Crippen LogP contribution in [0.3, 0.4) is 0 Å². The molecule has 5 nitrogen and oxygen atoms in total. The van der Waals surface area contributed by atoms with Gasteiger partial charge in [0, 0.05) is 23.6 Å². The van der Waals surface area contributed by atoms with Gasteiger partial charge in [-0.25, -0.2) is 0 Å². The number of hydrogen-bond acceptors (Lipinski definition) is 4. The minimum atomic E-state index is -0.462. The summed E-state index contributed by atoms with van der Waals surface area (Å²) in [6.07, 6.45) is 7.08. The lowest BCUT2D eigenvalue weighted by atomic mass is 9.74. The monoisotopic (exact) mass is 359 g/mol. The van der Waals surface area contributed by atoms with Gasteiger partial charge in [-0.15, -0.1) is 0 Å². The Morgan fingerprint density at radius 1 is 1.32 bits per heavy atom. The number of halogens is 1. The summed E-state index contributed by atoms with van der Waals surface area (Å²) in [6.45, 7) is 1.95. The summed E-state index contributed by atoms with van der Waals surface area (Å²) in [4.78, 5) is 16.5. The van der Waals surface area contributed by atoms with Crippen molar-refractivity contribution in [2.24, 2.45) is 11.7 Å². The van der Waals surface area contributed by atoms with Crippen LogP contribution in [-0.2, 0) is 4.79 Å². The first-order valence-electron chi connectivity index (χ1n) is 8.43. The smallest absolute Gasteiger partial charge is 0.229 e. The molecular formula is C19H22ClN3O2. The Hall–Kier alpha value is -2.11. The molecule has 132 valence electrons. The van der Waals surface area contributed by atoms with Gasteiger partial charge in [-0.3, -0.25) is 9.78 Å². The van der Waals surface area contributed by atoms with Crippen molar-refractivity contribution in [3.63, 3.8) is 0 Å². The summed E-state index contributed by atoms with van der Waals surface area (Å²) in [5.74, 6) is 0.929. The maximum atomic E-state index is 12.6. The van der Waals surface area contributed by atoms with Gasteiger partial charge < -0.3 is 15.8 Å². The first-order chi connectivity index (χ1) is 12.0. The van der Waals surface area contributed by atoms with E-state index < -0.39 is 5.54 Å². The fourth-order valence-electron chi connectivity index (χ4n) is 3.21. The number of amides is 1. The predicted molar refractivity (Wildman–Crippen MR) is 98.9 cm³/mol. The molecule has 1 amide bonds. The zero-order chi connectivity index (χ0) is 17.9. The number of ether oxygens (including phenoxy) is 1. The average Bonchev–Trinajstić information content (AvgIpc) is 2.58. The standard InChI is InChI=1S/C19H22ClN3O2/c1-19(21)9-3-2-4-15(19)18(24)23-13-5-6-17(16(20)12-13)25-14-7-10-22-11-8-14/h5-8,10-12,15H,2-4,9,21H2,1H3,(H,23,24). The Labute approximate surface area is 152 Å². The molecular weight excluding hydrogens is 338 g/mol. The molecule has 1 saturated carbocycles. The Morgan fingerprint density at radius 3 is 2.76 bits per heavy atom. The van der Waals surface area contributed by atoms with E-state index in [9.17, 15) is 4.79 Å². The van der Waals surface area contributed by atoms with E-state index in [4.69, 9.17) is 22.1 Å². The maximum Gasteiger partial charge on any atom is 0.229 e. The summed E-state index contributed by atoms with van der Waals surface area (Å²) in [6, 6.07) is 8.69. The Kier molecular flexibility index (Phi) is 5.25. The summed E-state index contributed by atoms with van der Waals surface area (Å²) in [5.41, 5.74) is 6.48. The van der Waals surface area contributed by atoms with Crippen LogP contribution in [0.1, 0.15) is 32.6 Å². The van der Waals surface area contributed by atoms with Crippen LogP contribution in [0.15, 0.2) is 42.7 Å². The molecule has 2 aromatic rings. The van der Waals surface area contributed by atoms with E-state index in [1.807, 2.05) is 6.92 Å². The molecule has 1 aromatic heterocycles. The molecule has 3 rings (SSSR count). The molecule has 1 heterocycles. The molecule has 6 heteroatoms. The van der Waals surface area contributed by atoms with Crippen molar-refractivity contribution in [3.05, 3.63) is 47.7 Å². The molecule has 1 fully saturated rings. The van der Waals surface area contributed by atoms with Gasteiger partial charge in [-0.05, 0) is 50.1 Å². The third-order valence-corrected chi connectivity index (χ3v) is 4.94. The van der Waals surface area contributed by atoms with Gasteiger partial charge in [-0.1, -0.05) is 24.4 Å². The minimum absolute atomic E-state index is 0.0523. The van der Waals surface area contributed by atoms with Crippen LogP contribution < -0.4 is 15.8 Å². The van der Waals surface area contributed by atoms with E-state index in [1.54, 1.807) is 42.7 Å². The van der Waals surface area contributed by atoms with Crippen LogP contribution in [0.5, 0.6) is 11.5 Å². The minimum Gasteiger partial charge on any atom is -0.456 e. The molecule has 2 atom stereocenters. The largest absolute Gasteiger partial charge is 0.456 e. The summed E-state index contributed by atoms with van der Waals surface area (Å²) in [5, 5.41) is 3.36.